The quantitative estimate of drug-likeness (QED) is 0.724. The Hall–Kier alpha value is -2.57. The Kier molecular flexibility index (Phi) is 6.38. The zero-order chi connectivity index (χ0) is 18.3. The van der Waals surface area contributed by atoms with E-state index in [1.165, 1.54) is 12.1 Å². The van der Waals surface area contributed by atoms with Gasteiger partial charge in [-0.1, -0.05) is 41.9 Å². The molecule has 0 spiro atoms. The maximum Gasteiger partial charge on any atom is 0.255 e. The molecule has 0 unspecified atom stereocenters. The van der Waals surface area contributed by atoms with Gasteiger partial charge in [-0.3, -0.25) is 9.52 Å². The number of anilines is 1. The van der Waals surface area contributed by atoms with Gasteiger partial charge in [0, 0.05) is 11.6 Å². The third-order valence-electron chi connectivity index (χ3n) is 3.14. The van der Waals surface area contributed by atoms with E-state index in [1.54, 1.807) is 48.5 Å². The molecule has 0 aliphatic carbocycles. The summed E-state index contributed by atoms with van der Waals surface area (Å²) in [5.41, 5.74) is 1.12. The smallest absolute Gasteiger partial charge is 0.255 e. The first-order valence-electron chi connectivity index (χ1n) is 7.36. The summed E-state index contributed by atoms with van der Waals surface area (Å²) in [6.07, 6.45) is 2.98. The minimum Gasteiger partial charge on any atom is -0.349 e. The minimum atomic E-state index is -3.78. The SMILES string of the molecule is C=CCNC(=O)c1ccccc1NS(=O)(=O)/C=C/c1ccc(Cl)cc1. The first kappa shape index (κ1) is 18.8. The largest absolute Gasteiger partial charge is 0.349 e. The summed E-state index contributed by atoms with van der Waals surface area (Å²) >= 11 is 5.79. The highest BCUT2D eigenvalue weighted by Crippen LogP contribution is 2.18. The van der Waals surface area contributed by atoms with Crippen molar-refractivity contribution in [2.24, 2.45) is 0 Å². The summed E-state index contributed by atoms with van der Waals surface area (Å²) in [6.45, 7) is 3.81. The van der Waals surface area contributed by atoms with Gasteiger partial charge < -0.3 is 5.32 Å². The lowest BCUT2D eigenvalue weighted by molar-refractivity contribution is 0.0959. The van der Waals surface area contributed by atoms with Gasteiger partial charge in [0.25, 0.3) is 15.9 Å². The number of benzene rings is 2. The molecule has 0 atom stereocenters. The maximum atomic E-state index is 12.3. The van der Waals surface area contributed by atoms with E-state index < -0.39 is 10.0 Å². The van der Waals surface area contributed by atoms with Crippen molar-refractivity contribution < 1.29 is 13.2 Å². The Morgan fingerprint density at radius 3 is 2.48 bits per heavy atom. The average Bonchev–Trinajstić information content (AvgIpc) is 2.59. The predicted octanol–water partition coefficient (Wildman–Crippen LogP) is 3.67. The average molecular weight is 377 g/mol. The molecule has 0 aliphatic rings. The number of rotatable bonds is 7. The van der Waals surface area contributed by atoms with Gasteiger partial charge in [-0.25, -0.2) is 8.42 Å². The zero-order valence-corrected chi connectivity index (χ0v) is 14.8. The Labute approximate surface area is 152 Å². The number of amides is 1. The molecule has 2 N–H and O–H groups in total. The topological polar surface area (TPSA) is 75.3 Å². The Bertz CT molecular complexity index is 891. The van der Waals surface area contributed by atoms with Crippen molar-refractivity contribution in [3.05, 3.63) is 82.7 Å². The summed E-state index contributed by atoms with van der Waals surface area (Å²) < 4.78 is 26.9. The lowest BCUT2D eigenvalue weighted by Crippen LogP contribution is -2.24. The molecule has 0 bridgehead atoms. The molecule has 0 fully saturated rings. The monoisotopic (exact) mass is 376 g/mol. The van der Waals surface area contributed by atoms with Crippen LogP contribution in [0.1, 0.15) is 15.9 Å². The Morgan fingerprint density at radius 1 is 1.12 bits per heavy atom. The lowest BCUT2D eigenvalue weighted by atomic mass is 10.1. The van der Waals surface area contributed by atoms with Gasteiger partial charge in [-0.05, 0) is 35.9 Å². The molecular weight excluding hydrogens is 360 g/mol. The summed E-state index contributed by atoms with van der Waals surface area (Å²) in [7, 11) is -3.78. The first-order valence-corrected chi connectivity index (χ1v) is 9.28. The van der Waals surface area contributed by atoms with Crippen molar-refractivity contribution in [3.63, 3.8) is 0 Å². The van der Waals surface area contributed by atoms with E-state index in [2.05, 4.69) is 16.6 Å². The van der Waals surface area contributed by atoms with Gasteiger partial charge in [0.1, 0.15) is 0 Å². The van der Waals surface area contributed by atoms with E-state index in [4.69, 9.17) is 11.6 Å². The molecule has 0 radical (unpaired) electrons. The predicted molar refractivity (Wildman–Crippen MR) is 102 cm³/mol. The summed E-state index contributed by atoms with van der Waals surface area (Å²) in [5.74, 6) is -0.389. The van der Waals surface area contributed by atoms with Crippen LogP contribution in [0.3, 0.4) is 0 Å². The minimum absolute atomic E-state index is 0.199. The number of para-hydroxylation sites is 1. The molecular formula is C18H17ClN2O3S. The van der Waals surface area contributed by atoms with E-state index >= 15 is 0 Å². The second-order valence-corrected chi connectivity index (χ2v) is 7.05. The number of carbonyl (C=O) groups excluding carboxylic acids is 1. The fourth-order valence-electron chi connectivity index (χ4n) is 1.96. The third kappa shape index (κ3) is 5.77. The summed E-state index contributed by atoms with van der Waals surface area (Å²) in [5, 5.41) is 4.22. The van der Waals surface area contributed by atoms with E-state index in [0.29, 0.717) is 10.6 Å². The van der Waals surface area contributed by atoms with Gasteiger partial charge >= 0.3 is 0 Å². The highest BCUT2D eigenvalue weighted by Gasteiger charge is 2.14. The van der Waals surface area contributed by atoms with E-state index in [0.717, 1.165) is 5.41 Å². The van der Waals surface area contributed by atoms with Crippen LogP contribution >= 0.6 is 11.6 Å². The fourth-order valence-corrected chi connectivity index (χ4v) is 2.97. The highest BCUT2D eigenvalue weighted by atomic mass is 35.5. The van der Waals surface area contributed by atoms with Gasteiger partial charge in [-0.2, -0.15) is 0 Å². The van der Waals surface area contributed by atoms with Gasteiger partial charge in [0.15, 0.2) is 0 Å². The van der Waals surface area contributed by atoms with Crippen LogP contribution in [0.15, 0.2) is 66.6 Å². The molecule has 25 heavy (non-hydrogen) atoms. The molecule has 0 aliphatic heterocycles. The van der Waals surface area contributed by atoms with Crippen molar-refractivity contribution in [1.82, 2.24) is 5.32 Å². The number of nitrogens with one attached hydrogen (secondary N) is 2. The van der Waals surface area contributed by atoms with Crippen molar-refractivity contribution in [2.45, 2.75) is 0 Å². The zero-order valence-electron chi connectivity index (χ0n) is 13.3. The van der Waals surface area contributed by atoms with Gasteiger partial charge in [0.05, 0.1) is 16.7 Å². The molecule has 2 aromatic carbocycles. The third-order valence-corrected chi connectivity index (χ3v) is 4.39. The van der Waals surface area contributed by atoms with E-state index in [9.17, 15) is 13.2 Å². The Balaban J connectivity index is 2.18. The van der Waals surface area contributed by atoms with Crippen LogP contribution < -0.4 is 10.0 Å². The number of sulfonamides is 1. The Morgan fingerprint density at radius 2 is 1.80 bits per heavy atom. The van der Waals surface area contributed by atoms with Crippen molar-refractivity contribution >= 4 is 39.3 Å². The standard InChI is InChI=1S/C18H17ClN2O3S/c1-2-12-20-18(22)16-5-3-4-6-17(16)21-25(23,24)13-11-14-7-9-15(19)10-8-14/h2-11,13,21H,1,12H2,(H,20,22)/b13-11+. The number of halogens is 1. The number of carbonyl (C=O) groups is 1. The molecule has 5 nitrogen and oxygen atoms in total. The molecule has 0 saturated heterocycles. The van der Waals surface area contributed by atoms with Crippen LogP contribution in [0.5, 0.6) is 0 Å². The molecule has 0 saturated carbocycles. The number of hydrogen-bond donors (Lipinski definition) is 2. The summed E-state index contributed by atoms with van der Waals surface area (Å²) in [4.78, 5) is 12.1. The number of hydrogen-bond acceptors (Lipinski definition) is 3. The van der Waals surface area contributed by atoms with Crippen molar-refractivity contribution in [1.29, 1.82) is 0 Å². The van der Waals surface area contributed by atoms with Crippen LogP contribution in [0.4, 0.5) is 5.69 Å². The van der Waals surface area contributed by atoms with Crippen molar-refractivity contribution in [2.75, 3.05) is 11.3 Å². The van der Waals surface area contributed by atoms with Crippen LogP contribution in [-0.4, -0.2) is 20.9 Å². The van der Waals surface area contributed by atoms with Gasteiger partial charge in [-0.15, -0.1) is 6.58 Å². The van der Waals surface area contributed by atoms with Crippen molar-refractivity contribution in [3.8, 4) is 0 Å². The second kappa shape index (κ2) is 8.50. The molecule has 2 rings (SSSR count). The highest BCUT2D eigenvalue weighted by molar-refractivity contribution is 7.95. The van der Waals surface area contributed by atoms with Crippen LogP contribution in [0.25, 0.3) is 6.08 Å². The van der Waals surface area contributed by atoms with Crippen LogP contribution in [0, 0.1) is 0 Å². The first-order chi connectivity index (χ1) is 11.9. The molecule has 0 aromatic heterocycles. The molecule has 7 heteroatoms. The molecule has 2 aromatic rings. The molecule has 130 valence electrons. The van der Waals surface area contributed by atoms with E-state index in [-0.39, 0.29) is 23.7 Å². The maximum absolute atomic E-state index is 12.3. The molecule has 1 amide bonds. The van der Waals surface area contributed by atoms with Crippen LogP contribution in [0.2, 0.25) is 5.02 Å². The van der Waals surface area contributed by atoms with Gasteiger partial charge in [0.2, 0.25) is 0 Å². The lowest BCUT2D eigenvalue weighted by Gasteiger charge is -2.10. The van der Waals surface area contributed by atoms with E-state index in [1.807, 2.05) is 0 Å². The fraction of sp³-hybridized carbons (Fsp3) is 0.0556. The summed E-state index contributed by atoms with van der Waals surface area (Å²) in [6, 6.07) is 13.1. The normalized spacial score (nSPS) is 11.2. The second-order valence-electron chi connectivity index (χ2n) is 5.05. The van der Waals surface area contributed by atoms with Crippen LogP contribution in [-0.2, 0) is 10.0 Å². The molecule has 0 heterocycles.